The quantitative estimate of drug-likeness (QED) is 0.462. The third kappa shape index (κ3) is 3.01. The van der Waals surface area contributed by atoms with E-state index < -0.39 is 13.1 Å². The fourth-order valence-electron chi connectivity index (χ4n) is 1.55. The Balaban J connectivity index is 2.33. The van der Waals surface area contributed by atoms with E-state index in [0.29, 0.717) is 12.1 Å². The average molecular weight is 259 g/mol. The van der Waals surface area contributed by atoms with Gasteiger partial charge in [0.05, 0.1) is 16.9 Å². The summed E-state index contributed by atoms with van der Waals surface area (Å²) >= 11 is 0. The van der Waals surface area contributed by atoms with Gasteiger partial charge in [0.25, 0.3) is 0 Å². The lowest BCUT2D eigenvalue weighted by Crippen LogP contribution is -2.33. The van der Waals surface area contributed by atoms with Crippen LogP contribution in [0.4, 0.5) is 4.39 Å². The van der Waals surface area contributed by atoms with Crippen molar-refractivity contribution in [3.63, 3.8) is 0 Å². The molecule has 0 amide bonds. The SMILES string of the molecule is C=CCc1ccc(-c2ccc(B(O)O)nn2)c(F)n1. The summed E-state index contributed by atoms with van der Waals surface area (Å²) in [6.45, 7) is 3.56. The van der Waals surface area contributed by atoms with Crippen LogP contribution >= 0.6 is 0 Å². The molecule has 2 aromatic heterocycles. The third-order valence-corrected chi connectivity index (χ3v) is 2.49. The zero-order valence-electron chi connectivity index (χ0n) is 9.99. The second kappa shape index (κ2) is 5.68. The van der Waals surface area contributed by atoms with Crippen molar-refractivity contribution in [3.05, 3.63) is 48.6 Å². The van der Waals surface area contributed by atoms with Crippen LogP contribution in [0, 0.1) is 5.95 Å². The molecule has 2 N–H and O–H groups in total. The third-order valence-electron chi connectivity index (χ3n) is 2.49. The largest absolute Gasteiger partial charge is 0.510 e. The molecule has 19 heavy (non-hydrogen) atoms. The van der Waals surface area contributed by atoms with E-state index in [1.807, 2.05) is 0 Å². The van der Waals surface area contributed by atoms with Crippen LogP contribution in [0.2, 0.25) is 0 Å². The van der Waals surface area contributed by atoms with Gasteiger partial charge in [0, 0.05) is 12.1 Å². The second-order valence-corrected chi connectivity index (χ2v) is 3.85. The molecule has 0 aromatic carbocycles. The molecule has 2 heterocycles. The van der Waals surface area contributed by atoms with E-state index >= 15 is 0 Å². The molecule has 0 unspecified atom stereocenters. The van der Waals surface area contributed by atoms with Gasteiger partial charge in [-0.2, -0.15) is 14.6 Å². The molecule has 0 saturated heterocycles. The predicted octanol–water partition coefficient (Wildman–Crippen LogP) is 0.0860. The Morgan fingerprint density at radius 1 is 1.21 bits per heavy atom. The van der Waals surface area contributed by atoms with E-state index in [9.17, 15) is 4.39 Å². The lowest BCUT2D eigenvalue weighted by atomic mass is 9.86. The number of rotatable bonds is 4. The first-order chi connectivity index (χ1) is 9.11. The van der Waals surface area contributed by atoms with Gasteiger partial charge in [-0.05, 0) is 24.3 Å². The molecule has 0 fully saturated rings. The predicted molar refractivity (Wildman–Crippen MR) is 68.9 cm³/mol. The first kappa shape index (κ1) is 13.3. The van der Waals surface area contributed by atoms with Crippen molar-refractivity contribution in [2.45, 2.75) is 6.42 Å². The molecule has 0 aliphatic rings. The second-order valence-electron chi connectivity index (χ2n) is 3.85. The average Bonchev–Trinajstić information content (AvgIpc) is 2.39. The normalized spacial score (nSPS) is 10.3. The summed E-state index contributed by atoms with van der Waals surface area (Å²) in [5, 5.41) is 25.1. The minimum Gasteiger partial charge on any atom is -0.422 e. The Labute approximate surface area is 109 Å². The van der Waals surface area contributed by atoms with Gasteiger partial charge >= 0.3 is 7.12 Å². The zero-order chi connectivity index (χ0) is 13.8. The molecule has 2 aromatic rings. The zero-order valence-corrected chi connectivity index (χ0v) is 9.99. The highest BCUT2D eigenvalue weighted by molar-refractivity contribution is 6.57. The maximum absolute atomic E-state index is 13.8. The summed E-state index contributed by atoms with van der Waals surface area (Å²) < 4.78 is 13.8. The van der Waals surface area contributed by atoms with Gasteiger partial charge in [-0.3, -0.25) is 0 Å². The topological polar surface area (TPSA) is 79.1 Å². The number of allylic oxidation sites excluding steroid dienone is 1. The van der Waals surface area contributed by atoms with Crippen LogP contribution in [-0.2, 0) is 6.42 Å². The molecule has 2 rings (SSSR count). The summed E-state index contributed by atoms with van der Waals surface area (Å²) in [6.07, 6.45) is 2.12. The van der Waals surface area contributed by atoms with E-state index in [2.05, 4.69) is 21.8 Å². The molecule has 0 aliphatic heterocycles. The van der Waals surface area contributed by atoms with E-state index in [4.69, 9.17) is 10.0 Å². The summed E-state index contributed by atoms with van der Waals surface area (Å²) in [6, 6.07) is 6.05. The fourth-order valence-corrected chi connectivity index (χ4v) is 1.55. The van der Waals surface area contributed by atoms with Crippen molar-refractivity contribution in [1.29, 1.82) is 0 Å². The lowest BCUT2D eigenvalue weighted by molar-refractivity contribution is 0.423. The number of hydrogen-bond acceptors (Lipinski definition) is 5. The lowest BCUT2D eigenvalue weighted by Gasteiger charge is -2.04. The molecule has 96 valence electrons. The highest BCUT2D eigenvalue weighted by Gasteiger charge is 2.15. The minimum atomic E-state index is -1.69. The van der Waals surface area contributed by atoms with Crippen LogP contribution in [0.15, 0.2) is 36.9 Å². The monoisotopic (exact) mass is 259 g/mol. The summed E-state index contributed by atoms with van der Waals surface area (Å²) in [5.41, 5.74) is 1.06. The molecule has 0 bridgehead atoms. The van der Waals surface area contributed by atoms with Gasteiger partial charge in [0.2, 0.25) is 5.95 Å². The fraction of sp³-hybridized carbons (Fsp3) is 0.0833. The standard InChI is InChI=1S/C12H11BFN3O2/c1-2-3-8-4-5-9(12(14)15-8)10-6-7-11(13(18)19)17-16-10/h2,4-7,18-19H,1,3H2. The number of hydrogen-bond donors (Lipinski definition) is 2. The maximum atomic E-state index is 13.8. The van der Waals surface area contributed by atoms with Gasteiger partial charge in [-0.15, -0.1) is 6.58 Å². The molecule has 5 nitrogen and oxygen atoms in total. The van der Waals surface area contributed by atoms with Crippen LogP contribution < -0.4 is 5.59 Å². The van der Waals surface area contributed by atoms with Gasteiger partial charge in [-0.1, -0.05) is 6.08 Å². The van der Waals surface area contributed by atoms with Gasteiger partial charge < -0.3 is 10.0 Å². The van der Waals surface area contributed by atoms with E-state index in [1.54, 1.807) is 18.2 Å². The number of aromatic nitrogens is 3. The van der Waals surface area contributed by atoms with Crippen molar-refractivity contribution >= 4 is 12.7 Å². The smallest absolute Gasteiger partial charge is 0.422 e. The first-order valence-corrected chi connectivity index (χ1v) is 5.58. The number of nitrogens with zero attached hydrogens (tertiary/aromatic N) is 3. The van der Waals surface area contributed by atoms with Crippen LogP contribution in [-0.4, -0.2) is 32.3 Å². The molecule has 7 heteroatoms. The number of halogens is 1. The Hall–Kier alpha value is -2.12. The van der Waals surface area contributed by atoms with Crippen molar-refractivity contribution in [1.82, 2.24) is 15.2 Å². The number of pyridine rings is 1. The summed E-state index contributed by atoms with van der Waals surface area (Å²) in [7, 11) is -1.69. The van der Waals surface area contributed by atoms with Crippen LogP contribution in [0.25, 0.3) is 11.3 Å². The van der Waals surface area contributed by atoms with E-state index in [-0.39, 0.29) is 16.9 Å². The van der Waals surface area contributed by atoms with Crippen LogP contribution in [0.3, 0.4) is 0 Å². The van der Waals surface area contributed by atoms with Crippen molar-refractivity contribution in [2.75, 3.05) is 0 Å². The van der Waals surface area contributed by atoms with Gasteiger partial charge in [0.1, 0.15) is 0 Å². The van der Waals surface area contributed by atoms with Crippen molar-refractivity contribution < 1.29 is 14.4 Å². The molecule has 0 atom stereocenters. The van der Waals surface area contributed by atoms with Crippen LogP contribution in [0.5, 0.6) is 0 Å². The summed E-state index contributed by atoms with van der Waals surface area (Å²) in [5.74, 6) is -0.647. The highest BCUT2D eigenvalue weighted by atomic mass is 19.1. The molecule has 0 aliphatic carbocycles. The molecule has 0 saturated carbocycles. The molecule has 0 spiro atoms. The molecule has 0 radical (unpaired) electrons. The molecular formula is C12H11BFN3O2. The Kier molecular flexibility index (Phi) is 3.98. The Morgan fingerprint density at radius 2 is 2.00 bits per heavy atom. The minimum absolute atomic E-state index is 0.000366. The summed E-state index contributed by atoms with van der Waals surface area (Å²) in [4.78, 5) is 3.79. The first-order valence-electron chi connectivity index (χ1n) is 5.58. The van der Waals surface area contributed by atoms with E-state index in [0.717, 1.165) is 0 Å². The molecular weight excluding hydrogens is 248 g/mol. The van der Waals surface area contributed by atoms with Gasteiger partial charge in [-0.25, -0.2) is 4.98 Å². The van der Waals surface area contributed by atoms with Crippen molar-refractivity contribution in [3.8, 4) is 11.3 Å². The van der Waals surface area contributed by atoms with Gasteiger partial charge in [0.15, 0.2) is 0 Å². The Morgan fingerprint density at radius 3 is 2.53 bits per heavy atom. The van der Waals surface area contributed by atoms with Crippen molar-refractivity contribution in [2.24, 2.45) is 0 Å². The van der Waals surface area contributed by atoms with E-state index in [1.165, 1.54) is 12.1 Å². The maximum Gasteiger partial charge on any atom is 0.510 e. The highest BCUT2D eigenvalue weighted by Crippen LogP contribution is 2.18. The van der Waals surface area contributed by atoms with Crippen LogP contribution in [0.1, 0.15) is 5.69 Å². The Bertz CT molecular complexity index is 590.